The molecule has 0 atom stereocenters. The maximum atomic E-state index is 13.7. The number of halogens is 1. The van der Waals surface area contributed by atoms with E-state index in [0.29, 0.717) is 24.2 Å². The van der Waals surface area contributed by atoms with Crippen LogP contribution in [0.4, 0.5) is 10.1 Å². The van der Waals surface area contributed by atoms with Gasteiger partial charge in [0, 0.05) is 25.7 Å². The molecular formula is C17H18FN3. The summed E-state index contributed by atoms with van der Waals surface area (Å²) in [5, 5.41) is 12.4. The Bertz CT molecular complexity index is 661. The van der Waals surface area contributed by atoms with Gasteiger partial charge in [0.05, 0.1) is 11.3 Å². The van der Waals surface area contributed by atoms with Crippen molar-refractivity contribution < 1.29 is 4.39 Å². The quantitative estimate of drug-likeness (QED) is 0.916. The second kappa shape index (κ2) is 6.87. The minimum absolute atomic E-state index is 0.227. The molecule has 0 aliphatic heterocycles. The largest absolute Gasteiger partial charge is 0.369 e. The average molecular weight is 283 g/mol. The highest BCUT2D eigenvalue weighted by Gasteiger charge is 2.10. The molecule has 0 saturated carbocycles. The molecule has 108 valence electrons. The number of benzene rings is 2. The Balaban J connectivity index is 2.25. The van der Waals surface area contributed by atoms with Crippen LogP contribution in [0.1, 0.15) is 16.7 Å². The predicted molar refractivity (Wildman–Crippen MR) is 82.4 cm³/mol. The van der Waals surface area contributed by atoms with Crippen LogP contribution in [0.3, 0.4) is 0 Å². The first-order valence-corrected chi connectivity index (χ1v) is 6.78. The molecule has 3 nitrogen and oxygen atoms in total. The molecule has 0 spiro atoms. The maximum absolute atomic E-state index is 13.7. The lowest BCUT2D eigenvalue weighted by molar-refractivity contribution is 0.608. The lowest BCUT2D eigenvalue weighted by Crippen LogP contribution is -2.18. The molecule has 0 aliphatic rings. The van der Waals surface area contributed by atoms with Gasteiger partial charge in [0.25, 0.3) is 0 Å². The monoisotopic (exact) mass is 283 g/mol. The number of nitrogens with zero attached hydrogens (tertiary/aromatic N) is 2. The summed E-state index contributed by atoms with van der Waals surface area (Å²) >= 11 is 0. The molecule has 4 heteroatoms. The van der Waals surface area contributed by atoms with E-state index in [9.17, 15) is 9.65 Å². The van der Waals surface area contributed by atoms with Crippen molar-refractivity contribution in [2.75, 3.05) is 19.0 Å². The van der Waals surface area contributed by atoms with Gasteiger partial charge in [-0.25, -0.2) is 4.39 Å². The Morgan fingerprint density at radius 1 is 1.24 bits per heavy atom. The van der Waals surface area contributed by atoms with Gasteiger partial charge < -0.3 is 10.2 Å². The van der Waals surface area contributed by atoms with E-state index in [1.807, 2.05) is 43.3 Å². The standard InChI is InChI=1S/C17H18FN3/c1-20-11-13-7-8-17(15(9-13)10-19)21(2)12-14-5-3-4-6-16(14)18/h3-9,20H,11-12H2,1-2H3. The van der Waals surface area contributed by atoms with Gasteiger partial charge in [-0.15, -0.1) is 0 Å². The molecule has 0 fully saturated rings. The third-order valence-corrected chi connectivity index (χ3v) is 3.34. The Morgan fingerprint density at radius 2 is 2.00 bits per heavy atom. The van der Waals surface area contributed by atoms with Crippen molar-refractivity contribution in [3.05, 3.63) is 65.0 Å². The second-order valence-corrected chi connectivity index (χ2v) is 4.94. The van der Waals surface area contributed by atoms with Gasteiger partial charge in [0.15, 0.2) is 0 Å². The second-order valence-electron chi connectivity index (χ2n) is 4.94. The molecule has 0 bridgehead atoms. The summed E-state index contributed by atoms with van der Waals surface area (Å²) in [4.78, 5) is 1.89. The van der Waals surface area contributed by atoms with E-state index < -0.39 is 0 Å². The zero-order valence-electron chi connectivity index (χ0n) is 12.2. The third-order valence-electron chi connectivity index (χ3n) is 3.34. The molecule has 0 saturated heterocycles. The summed E-state index contributed by atoms with van der Waals surface area (Å²) in [7, 11) is 3.73. The van der Waals surface area contributed by atoms with Gasteiger partial charge in [0.1, 0.15) is 11.9 Å². The van der Waals surface area contributed by atoms with Crippen LogP contribution in [0.25, 0.3) is 0 Å². The number of hydrogen-bond donors (Lipinski definition) is 1. The fourth-order valence-corrected chi connectivity index (χ4v) is 2.29. The Hall–Kier alpha value is -2.38. The van der Waals surface area contributed by atoms with Crippen molar-refractivity contribution in [3.8, 4) is 6.07 Å². The van der Waals surface area contributed by atoms with Gasteiger partial charge in [-0.2, -0.15) is 5.26 Å². The first-order valence-electron chi connectivity index (χ1n) is 6.78. The molecule has 2 rings (SSSR count). The summed E-state index contributed by atoms with van der Waals surface area (Å²) < 4.78 is 13.7. The van der Waals surface area contributed by atoms with Crippen LogP contribution in [-0.2, 0) is 13.1 Å². The first-order chi connectivity index (χ1) is 10.2. The van der Waals surface area contributed by atoms with E-state index in [0.717, 1.165) is 11.3 Å². The smallest absolute Gasteiger partial charge is 0.128 e. The van der Waals surface area contributed by atoms with E-state index in [2.05, 4.69) is 11.4 Å². The Labute approximate surface area is 124 Å². The van der Waals surface area contributed by atoms with Crippen LogP contribution < -0.4 is 10.2 Å². The van der Waals surface area contributed by atoms with Crippen molar-refractivity contribution >= 4 is 5.69 Å². The lowest BCUT2D eigenvalue weighted by atomic mass is 10.1. The van der Waals surface area contributed by atoms with Crippen LogP contribution in [0.15, 0.2) is 42.5 Å². The normalized spacial score (nSPS) is 10.2. The van der Waals surface area contributed by atoms with Crippen molar-refractivity contribution in [2.24, 2.45) is 0 Å². The van der Waals surface area contributed by atoms with Crippen LogP contribution >= 0.6 is 0 Å². The average Bonchev–Trinajstić information content (AvgIpc) is 2.49. The van der Waals surface area contributed by atoms with Crippen molar-refractivity contribution in [1.82, 2.24) is 5.32 Å². The molecule has 2 aromatic carbocycles. The molecule has 0 unspecified atom stereocenters. The fraction of sp³-hybridized carbons (Fsp3) is 0.235. The van der Waals surface area contributed by atoms with Gasteiger partial charge in [-0.05, 0) is 30.8 Å². The van der Waals surface area contributed by atoms with Crippen molar-refractivity contribution in [1.29, 1.82) is 5.26 Å². The zero-order valence-corrected chi connectivity index (χ0v) is 12.2. The minimum atomic E-state index is -0.227. The molecule has 0 aromatic heterocycles. The summed E-state index contributed by atoms with van der Waals surface area (Å²) in [5.74, 6) is -0.227. The highest BCUT2D eigenvalue weighted by Crippen LogP contribution is 2.22. The zero-order chi connectivity index (χ0) is 15.2. The van der Waals surface area contributed by atoms with Crippen LogP contribution in [0.2, 0.25) is 0 Å². The van der Waals surface area contributed by atoms with E-state index in [-0.39, 0.29) is 5.82 Å². The van der Waals surface area contributed by atoms with E-state index in [1.165, 1.54) is 6.07 Å². The third kappa shape index (κ3) is 3.59. The molecule has 21 heavy (non-hydrogen) atoms. The van der Waals surface area contributed by atoms with Crippen LogP contribution in [0.5, 0.6) is 0 Å². The van der Waals surface area contributed by atoms with Crippen molar-refractivity contribution in [3.63, 3.8) is 0 Å². The molecule has 2 aromatic rings. The predicted octanol–water partition coefficient (Wildman–Crippen LogP) is 3.05. The number of anilines is 1. The molecule has 0 aliphatic carbocycles. The van der Waals surface area contributed by atoms with E-state index in [4.69, 9.17) is 0 Å². The van der Waals surface area contributed by atoms with Gasteiger partial charge in [-0.1, -0.05) is 24.3 Å². The highest BCUT2D eigenvalue weighted by molar-refractivity contribution is 5.60. The molecule has 1 N–H and O–H groups in total. The molecule has 0 amide bonds. The summed E-state index contributed by atoms with van der Waals surface area (Å²) in [6, 6.07) is 14.7. The van der Waals surface area contributed by atoms with Gasteiger partial charge in [0.2, 0.25) is 0 Å². The lowest BCUT2D eigenvalue weighted by Gasteiger charge is -2.21. The SMILES string of the molecule is CNCc1ccc(N(C)Cc2ccccc2F)c(C#N)c1. The van der Waals surface area contributed by atoms with E-state index in [1.54, 1.807) is 12.1 Å². The fourth-order valence-electron chi connectivity index (χ4n) is 2.29. The maximum Gasteiger partial charge on any atom is 0.128 e. The number of hydrogen-bond acceptors (Lipinski definition) is 3. The van der Waals surface area contributed by atoms with E-state index >= 15 is 0 Å². The minimum Gasteiger partial charge on any atom is -0.369 e. The number of nitriles is 1. The number of rotatable bonds is 5. The molecule has 0 heterocycles. The Kier molecular flexibility index (Phi) is 4.91. The number of nitrogens with one attached hydrogen (secondary N) is 1. The first kappa shape index (κ1) is 15.0. The molecule has 0 radical (unpaired) electrons. The summed E-state index contributed by atoms with van der Waals surface area (Å²) in [5.41, 5.74) is 3.07. The highest BCUT2D eigenvalue weighted by atomic mass is 19.1. The summed E-state index contributed by atoms with van der Waals surface area (Å²) in [6.45, 7) is 1.14. The van der Waals surface area contributed by atoms with Gasteiger partial charge in [-0.3, -0.25) is 0 Å². The summed E-state index contributed by atoms with van der Waals surface area (Å²) in [6.07, 6.45) is 0. The Morgan fingerprint density at radius 3 is 2.67 bits per heavy atom. The van der Waals surface area contributed by atoms with Crippen molar-refractivity contribution in [2.45, 2.75) is 13.1 Å². The molecular weight excluding hydrogens is 265 g/mol. The van der Waals surface area contributed by atoms with Crippen LogP contribution in [-0.4, -0.2) is 14.1 Å². The topological polar surface area (TPSA) is 39.1 Å². The van der Waals surface area contributed by atoms with Crippen LogP contribution in [0, 0.1) is 17.1 Å². The van der Waals surface area contributed by atoms with Gasteiger partial charge >= 0.3 is 0 Å².